The van der Waals surface area contributed by atoms with Gasteiger partial charge in [-0.15, -0.1) is 22.9 Å². The molecule has 3 N–H and O–H groups in total. The maximum absolute atomic E-state index is 11.0. The van der Waals surface area contributed by atoms with Gasteiger partial charge in [0, 0.05) is 5.38 Å². The van der Waals surface area contributed by atoms with E-state index in [0.29, 0.717) is 5.13 Å². The number of primary amides is 1. The third kappa shape index (κ3) is 3.68. The number of anilines is 1. The molecule has 0 aliphatic heterocycles. The SMILES string of the molecule is CON=C(C(N)=O)c1csc(NC(=O)CCl)n1. The standard InChI is InChI=1S/C8H9ClN4O3S/c1-16-13-6(7(10)15)4-3-17-8(11-4)12-5(14)2-9/h3H,2H2,1H3,(H2,10,15)(H,11,12,14). The van der Waals surface area contributed by atoms with Crippen molar-refractivity contribution in [3.63, 3.8) is 0 Å². The minimum Gasteiger partial charge on any atom is -0.398 e. The molecule has 0 radical (unpaired) electrons. The van der Waals surface area contributed by atoms with Crippen LogP contribution in [0.1, 0.15) is 5.69 Å². The summed E-state index contributed by atoms with van der Waals surface area (Å²) in [5, 5.41) is 7.71. The van der Waals surface area contributed by atoms with Gasteiger partial charge in [0.15, 0.2) is 10.8 Å². The van der Waals surface area contributed by atoms with E-state index in [9.17, 15) is 9.59 Å². The molecule has 1 aromatic rings. The molecule has 1 aromatic heterocycles. The minimum absolute atomic E-state index is 0.116. The summed E-state index contributed by atoms with van der Waals surface area (Å²) in [6.45, 7) is 0. The number of oxime groups is 1. The fourth-order valence-electron chi connectivity index (χ4n) is 0.902. The number of halogens is 1. The molecule has 0 aromatic carbocycles. The van der Waals surface area contributed by atoms with Crippen LogP contribution in [0.25, 0.3) is 0 Å². The maximum atomic E-state index is 11.0. The van der Waals surface area contributed by atoms with Crippen LogP contribution in [0, 0.1) is 0 Å². The van der Waals surface area contributed by atoms with Crippen LogP contribution in [0.15, 0.2) is 10.5 Å². The van der Waals surface area contributed by atoms with Gasteiger partial charge in [-0.2, -0.15) is 0 Å². The number of nitrogens with two attached hydrogens (primary N) is 1. The second-order valence-electron chi connectivity index (χ2n) is 2.71. The summed E-state index contributed by atoms with van der Waals surface area (Å²) in [7, 11) is 1.28. The van der Waals surface area contributed by atoms with Gasteiger partial charge in [0.2, 0.25) is 5.91 Å². The molecule has 0 saturated carbocycles. The highest BCUT2D eigenvalue weighted by atomic mass is 35.5. The number of carbonyl (C=O) groups excluding carboxylic acids is 2. The second kappa shape index (κ2) is 6.16. The molecule has 7 nitrogen and oxygen atoms in total. The molecule has 92 valence electrons. The van der Waals surface area contributed by atoms with Gasteiger partial charge in [0.05, 0.1) is 0 Å². The Kier molecular flexibility index (Phi) is 4.85. The number of amides is 2. The summed E-state index contributed by atoms with van der Waals surface area (Å²) in [5.74, 6) is -1.34. The van der Waals surface area contributed by atoms with E-state index in [0.717, 1.165) is 11.3 Å². The summed E-state index contributed by atoms with van der Waals surface area (Å²) in [5.41, 5.74) is 5.21. The number of hydrogen-bond acceptors (Lipinski definition) is 6. The molecular formula is C8H9ClN4O3S. The van der Waals surface area contributed by atoms with Gasteiger partial charge in [-0.1, -0.05) is 5.16 Å². The van der Waals surface area contributed by atoms with Crippen LogP contribution in [-0.2, 0) is 14.4 Å². The molecule has 0 bridgehead atoms. The van der Waals surface area contributed by atoms with E-state index in [1.807, 2.05) is 0 Å². The van der Waals surface area contributed by atoms with Gasteiger partial charge < -0.3 is 15.9 Å². The Hall–Kier alpha value is -1.67. The first-order valence-corrected chi connectivity index (χ1v) is 5.72. The molecule has 0 unspecified atom stereocenters. The van der Waals surface area contributed by atoms with Crippen LogP contribution < -0.4 is 11.1 Å². The lowest BCUT2D eigenvalue weighted by Gasteiger charge is -1.97. The summed E-state index contributed by atoms with van der Waals surface area (Å²) in [6.07, 6.45) is 0. The first-order valence-electron chi connectivity index (χ1n) is 4.31. The number of aromatic nitrogens is 1. The van der Waals surface area contributed by atoms with Crippen LogP contribution in [0.4, 0.5) is 5.13 Å². The third-order valence-electron chi connectivity index (χ3n) is 1.53. The number of rotatable bonds is 5. The first kappa shape index (κ1) is 13.4. The predicted octanol–water partition coefficient (Wildman–Crippen LogP) is 0.156. The highest BCUT2D eigenvalue weighted by Gasteiger charge is 2.16. The second-order valence-corrected chi connectivity index (χ2v) is 3.83. The summed E-state index contributed by atoms with van der Waals surface area (Å²) in [6, 6.07) is 0. The molecular weight excluding hydrogens is 268 g/mol. The molecule has 0 saturated heterocycles. The Morgan fingerprint density at radius 3 is 2.94 bits per heavy atom. The quantitative estimate of drug-likeness (QED) is 0.454. The average molecular weight is 277 g/mol. The van der Waals surface area contributed by atoms with Crippen molar-refractivity contribution in [3.8, 4) is 0 Å². The monoisotopic (exact) mass is 276 g/mol. The van der Waals surface area contributed by atoms with Crippen molar-refractivity contribution in [2.24, 2.45) is 10.9 Å². The lowest BCUT2D eigenvalue weighted by molar-refractivity contribution is -0.114. The zero-order valence-corrected chi connectivity index (χ0v) is 10.3. The molecule has 0 atom stereocenters. The maximum Gasteiger partial charge on any atom is 0.273 e. The van der Waals surface area contributed by atoms with Crippen LogP contribution >= 0.6 is 22.9 Å². The molecule has 1 rings (SSSR count). The lowest BCUT2D eigenvalue weighted by atomic mass is 10.3. The van der Waals surface area contributed by atoms with Gasteiger partial charge in [-0.05, 0) is 0 Å². The van der Waals surface area contributed by atoms with Crippen LogP contribution in [0.2, 0.25) is 0 Å². The first-order chi connectivity index (χ1) is 8.08. The Balaban J connectivity index is 2.89. The van der Waals surface area contributed by atoms with E-state index < -0.39 is 11.8 Å². The van der Waals surface area contributed by atoms with Gasteiger partial charge in [-0.3, -0.25) is 9.59 Å². The average Bonchev–Trinajstić information content (AvgIpc) is 2.73. The van der Waals surface area contributed by atoms with Gasteiger partial charge >= 0.3 is 0 Å². The number of nitrogens with zero attached hydrogens (tertiary/aromatic N) is 2. The Labute approximate surface area is 106 Å². The topological polar surface area (TPSA) is 107 Å². The molecule has 0 aliphatic carbocycles. The zero-order valence-electron chi connectivity index (χ0n) is 8.77. The number of thiazole rings is 1. The van der Waals surface area contributed by atoms with Crippen molar-refractivity contribution in [2.75, 3.05) is 18.3 Å². The smallest absolute Gasteiger partial charge is 0.273 e. The van der Waals surface area contributed by atoms with Gasteiger partial charge in [0.1, 0.15) is 18.7 Å². The normalized spacial score (nSPS) is 11.1. The zero-order chi connectivity index (χ0) is 12.8. The summed E-state index contributed by atoms with van der Waals surface area (Å²) in [4.78, 5) is 30.5. The Morgan fingerprint density at radius 2 is 2.41 bits per heavy atom. The van der Waals surface area contributed by atoms with E-state index in [-0.39, 0.29) is 17.3 Å². The highest BCUT2D eigenvalue weighted by molar-refractivity contribution is 7.14. The van der Waals surface area contributed by atoms with Crippen LogP contribution in [-0.4, -0.2) is 35.5 Å². The van der Waals surface area contributed by atoms with Crippen LogP contribution in [0.5, 0.6) is 0 Å². The van der Waals surface area contributed by atoms with Gasteiger partial charge in [0.25, 0.3) is 5.91 Å². The van der Waals surface area contributed by atoms with E-state index in [1.165, 1.54) is 12.5 Å². The van der Waals surface area contributed by atoms with Crippen molar-refractivity contribution >= 4 is 45.6 Å². The molecule has 1 heterocycles. The van der Waals surface area contributed by atoms with Crippen molar-refractivity contribution < 1.29 is 14.4 Å². The number of nitrogens with one attached hydrogen (secondary N) is 1. The number of carbonyl (C=O) groups is 2. The molecule has 0 spiro atoms. The van der Waals surface area contributed by atoms with E-state index in [1.54, 1.807) is 0 Å². The van der Waals surface area contributed by atoms with Gasteiger partial charge in [-0.25, -0.2) is 4.98 Å². The van der Waals surface area contributed by atoms with E-state index >= 15 is 0 Å². The molecule has 2 amide bonds. The molecule has 0 fully saturated rings. The van der Waals surface area contributed by atoms with Crippen molar-refractivity contribution in [3.05, 3.63) is 11.1 Å². The highest BCUT2D eigenvalue weighted by Crippen LogP contribution is 2.16. The lowest BCUT2D eigenvalue weighted by Crippen LogP contribution is -2.25. The van der Waals surface area contributed by atoms with Crippen LogP contribution in [0.3, 0.4) is 0 Å². The molecule has 9 heteroatoms. The fraction of sp³-hybridized carbons (Fsp3) is 0.250. The minimum atomic E-state index is -0.771. The summed E-state index contributed by atoms with van der Waals surface area (Å²) >= 11 is 6.44. The fourth-order valence-corrected chi connectivity index (χ4v) is 1.68. The van der Waals surface area contributed by atoms with Crippen molar-refractivity contribution in [1.29, 1.82) is 0 Å². The van der Waals surface area contributed by atoms with Crippen molar-refractivity contribution in [2.45, 2.75) is 0 Å². The molecule has 0 aliphatic rings. The number of hydrogen-bond donors (Lipinski definition) is 2. The predicted molar refractivity (Wildman–Crippen MR) is 64.2 cm³/mol. The van der Waals surface area contributed by atoms with E-state index in [4.69, 9.17) is 17.3 Å². The Bertz CT molecular complexity index is 459. The number of alkyl halides is 1. The summed E-state index contributed by atoms with van der Waals surface area (Å²) < 4.78 is 0. The largest absolute Gasteiger partial charge is 0.398 e. The molecule has 17 heavy (non-hydrogen) atoms. The van der Waals surface area contributed by atoms with E-state index in [2.05, 4.69) is 20.3 Å². The Morgan fingerprint density at radius 1 is 1.71 bits per heavy atom. The third-order valence-corrected chi connectivity index (χ3v) is 2.53. The van der Waals surface area contributed by atoms with Crippen molar-refractivity contribution in [1.82, 2.24) is 4.98 Å².